The summed E-state index contributed by atoms with van der Waals surface area (Å²) in [6.07, 6.45) is 0. The zero-order chi connectivity index (χ0) is 17.2. The summed E-state index contributed by atoms with van der Waals surface area (Å²) in [4.78, 5) is 13.7. The van der Waals surface area contributed by atoms with Gasteiger partial charge in [-0.25, -0.2) is 0 Å². The Hall–Kier alpha value is -2.91. The highest BCUT2D eigenvalue weighted by Crippen LogP contribution is 2.43. The number of anilines is 1. The molecule has 0 aliphatic rings. The lowest BCUT2D eigenvalue weighted by molar-refractivity contribution is -0.0328. The van der Waals surface area contributed by atoms with Gasteiger partial charge in [0.15, 0.2) is 0 Å². The molecule has 0 amide bonds. The van der Waals surface area contributed by atoms with Crippen molar-refractivity contribution in [2.45, 2.75) is 10.4 Å². The molecule has 0 saturated heterocycles. The van der Waals surface area contributed by atoms with Crippen LogP contribution in [-0.2, 0) is 0 Å². The number of aromatic amines is 1. The van der Waals surface area contributed by atoms with Crippen LogP contribution in [0.4, 0.5) is 19.0 Å². The number of benzene rings is 1. The van der Waals surface area contributed by atoms with Gasteiger partial charge in [0.1, 0.15) is 29.1 Å². The number of aromatic nitrogens is 1. The first-order valence-corrected chi connectivity index (χ1v) is 6.81. The average molecular weight is 336 g/mol. The normalized spacial score (nSPS) is 10.8. The molecule has 0 unspecified atom stereocenters. The van der Waals surface area contributed by atoms with Crippen molar-refractivity contribution in [2.75, 3.05) is 5.73 Å². The first-order chi connectivity index (χ1) is 10.8. The Kier molecular flexibility index (Phi) is 4.34. The van der Waals surface area contributed by atoms with Gasteiger partial charge in [0.25, 0.3) is 5.56 Å². The SMILES string of the molecule is N#Cc1c(N)[nH]c(=O)c(C#N)c1-c1ccccc1SC(F)(F)F. The molecular formula is C14H7F3N4OS. The molecule has 3 N–H and O–H groups in total. The van der Waals surface area contributed by atoms with E-state index in [1.165, 1.54) is 24.3 Å². The van der Waals surface area contributed by atoms with Crippen LogP contribution in [0, 0.1) is 22.7 Å². The number of H-pyrrole nitrogens is 1. The lowest BCUT2D eigenvalue weighted by atomic mass is 9.97. The molecule has 0 atom stereocenters. The lowest BCUT2D eigenvalue weighted by Gasteiger charge is -2.14. The Labute approximate surface area is 132 Å². The van der Waals surface area contributed by atoms with E-state index in [1.807, 2.05) is 0 Å². The second kappa shape index (κ2) is 6.07. The number of nitrogens with two attached hydrogens (primary N) is 1. The quantitative estimate of drug-likeness (QED) is 0.820. The number of rotatable bonds is 2. The van der Waals surface area contributed by atoms with Crippen LogP contribution >= 0.6 is 11.8 Å². The second-order valence-electron chi connectivity index (χ2n) is 4.26. The van der Waals surface area contributed by atoms with E-state index in [0.29, 0.717) is 0 Å². The maximum atomic E-state index is 12.7. The van der Waals surface area contributed by atoms with Gasteiger partial charge in [-0.3, -0.25) is 4.79 Å². The molecule has 0 radical (unpaired) electrons. The minimum Gasteiger partial charge on any atom is -0.384 e. The van der Waals surface area contributed by atoms with Crippen molar-refractivity contribution in [3.63, 3.8) is 0 Å². The largest absolute Gasteiger partial charge is 0.446 e. The average Bonchev–Trinajstić information content (AvgIpc) is 2.45. The highest BCUT2D eigenvalue weighted by atomic mass is 32.2. The number of halogens is 3. The van der Waals surface area contributed by atoms with E-state index in [2.05, 4.69) is 4.98 Å². The number of nitriles is 2. The molecule has 23 heavy (non-hydrogen) atoms. The third-order valence-corrected chi connectivity index (χ3v) is 3.66. The fraction of sp³-hybridized carbons (Fsp3) is 0.0714. The number of nitrogens with one attached hydrogen (secondary N) is 1. The van der Waals surface area contributed by atoms with Gasteiger partial charge in [-0.2, -0.15) is 23.7 Å². The number of thioether (sulfide) groups is 1. The van der Waals surface area contributed by atoms with Crippen molar-refractivity contribution in [1.29, 1.82) is 10.5 Å². The van der Waals surface area contributed by atoms with Gasteiger partial charge in [-0.15, -0.1) is 0 Å². The van der Waals surface area contributed by atoms with Gasteiger partial charge in [0.2, 0.25) is 0 Å². The fourth-order valence-electron chi connectivity index (χ4n) is 2.00. The Morgan fingerprint density at radius 3 is 2.30 bits per heavy atom. The minimum absolute atomic E-state index is 0.0549. The Morgan fingerprint density at radius 2 is 1.74 bits per heavy atom. The van der Waals surface area contributed by atoms with Gasteiger partial charge in [-0.05, 0) is 23.4 Å². The third kappa shape index (κ3) is 3.30. The molecule has 116 valence electrons. The van der Waals surface area contributed by atoms with E-state index in [9.17, 15) is 23.2 Å². The molecule has 9 heteroatoms. The van der Waals surface area contributed by atoms with Gasteiger partial charge >= 0.3 is 5.51 Å². The standard InChI is InChI=1S/C14H7F3N4OS/c15-14(16,17)23-10-4-2-1-3-7(10)11-8(5-18)12(20)21-13(22)9(11)6-19/h1-4H,(H3,20,21,22). The van der Waals surface area contributed by atoms with E-state index in [0.717, 1.165) is 0 Å². The number of nitrogens with zero attached hydrogens (tertiary/aromatic N) is 2. The van der Waals surface area contributed by atoms with Crippen molar-refractivity contribution >= 4 is 17.6 Å². The summed E-state index contributed by atoms with van der Waals surface area (Å²) < 4.78 is 38.1. The van der Waals surface area contributed by atoms with Crippen molar-refractivity contribution < 1.29 is 13.2 Å². The van der Waals surface area contributed by atoms with Gasteiger partial charge < -0.3 is 10.7 Å². The molecule has 1 aromatic carbocycles. The Bertz CT molecular complexity index is 906. The second-order valence-corrected chi connectivity index (χ2v) is 5.37. The van der Waals surface area contributed by atoms with Crippen LogP contribution < -0.4 is 11.3 Å². The highest BCUT2D eigenvalue weighted by molar-refractivity contribution is 8.00. The smallest absolute Gasteiger partial charge is 0.384 e. The van der Waals surface area contributed by atoms with Crippen LogP contribution in [0.5, 0.6) is 0 Å². The number of pyridine rings is 1. The summed E-state index contributed by atoms with van der Waals surface area (Å²) in [5.41, 5.74) is -0.862. The van der Waals surface area contributed by atoms with Crippen LogP contribution in [0.15, 0.2) is 34.0 Å². The van der Waals surface area contributed by atoms with Crippen LogP contribution in [-0.4, -0.2) is 10.5 Å². The molecular weight excluding hydrogens is 329 g/mol. The summed E-state index contributed by atoms with van der Waals surface area (Å²) in [6, 6.07) is 8.64. The fourth-order valence-corrected chi connectivity index (χ4v) is 2.68. The molecule has 1 heterocycles. The van der Waals surface area contributed by atoms with Crippen LogP contribution in [0.2, 0.25) is 0 Å². The third-order valence-electron chi connectivity index (χ3n) is 2.85. The lowest BCUT2D eigenvalue weighted by Crippen LogP contribution is -2.16. The van der Waals surface area contributed by atoms with E-state index in [4.69, 9.17) is 11.0 Å². The molecule has 2 rings (SSSR count). The van der Waals surface area contributed by atoms with Crippen LogP contribution in [0.25, 0.3) is 11.1 Å². The minimum atomic E-state index is -4.57. The van der Waals surface area contributed by atoms with E-state index < -0.39 is 28.4 Å². The zero-order valence-electron chi connectivity index (χ0n) is 11.2. The Morgan fingerprint density at radius 1 is 1.13 bits per heavy atom. The summed E-state index contributed by atoms with van der Waals surface area (Å²) in [6.45, 7) is 0. The molecule has 1 aromatic heterocycles. The maximum absolute atomic E-state index is 12.7. The molecule has 2 aromatic rings. The van der Waals surface area contributed by atoms with Gasteiger partial charge in [0, 0.05) is 10.5 Å². The monoisotopic (exact) mass is 336 g/mol. The van der Waals surface area contributed by atoms with Gasteiger partial charge in [0.05, 0.1) is 0 Å². The van der Waals surface area contributed by atoms with Crippen molar-refractivity contribution in [3.05, 3.63) is 45.7 Å². The molecule has 0 aliphatic heterocycles. The van der Waals surface area contributed by atoms with Crippen LogP contribution in [0.3, 0.4) is 0 Å². The maximum Gasteiger partial charge on any atom is 0.446 e. The zero-order valence-corrected chi connectivity index (χ0v) is 12.0. The van der Waals surface area contributed by atoms with Crippen molar-refractivity contribution in [1.82, 2.24) is 4.98 Å². The molecule has 0 fully saturated rings. The molecule has 5 nitrogen and oxygen atoms in total. The molecule has 0 saturated carbocycles. The van der Waals surface area contributed by atoms with Gasteiger partial charge in [-0.1, -0.05) is 18.2 Å². The highest BCUT2D eigenvalue weighted by Gasteiger charge is 2.31. The number of nitrogen functional groups attached to an aromatic ring is 1. The van der Waals surface area contributed by atoms with Crippen molar-refractivity contribution in [2.24, 2.45) is 0 Å². The molecule has 0 aliphatic carbocycles. The predicted octanol–water partition coefficient (Wildman–Crippen LogP) is 2.98. The predicted molar refractivity (Wildman–Crippen MR) is 78.3 cm³/mol. The number of hydrogen-bond donors (Lipinski definition) is 2. The molecule has 0 spiro atoms. The number of alkyl halides is 3. The summed E-state index contributed by atoms with van der Waals surface area (Å²) in [5, 5.41) is 18.4. The Balaban J connectivity index is 2.86. The topological polar surface area (TPSA) is 106 Å². The summed E-state index contributed by atoms with van der Waals surface area (Å²) in [7, 11) is 0. The first kappa shape index (κ1) is 16.5. The first-order valence-electron chi connectivity index (χ1n) is 5.99. The summed E-state index contributed by atoms with van der Waals surface area (Å²) in [5.74, 6) is -0.307. The van der Waals surface area contributed by atoms with E-state index in [-0.39, 0.29) is 27.4 Å². The van der Waals surface area contributed by atoms with E-state index in [1.54, 1.807) is 12.1 Å². The van der Waals surface area contributed by atoms with E-state index >= 15 is 0 Å². The van der Waals surface area contributed by atoms with Crippen LogP contribution in [0.1, 0.15) is 11.1 Å². The number of hydrogen-bond acceptors (Lipinski definition) is 5. The summed E-state index contributed by atoms with van der Waals surface area (Å²) >= 11 is -0.400. The molecule has 0 bridgehead atoms. The van der Waals surface area contributed by atoms with Crippen molar-refractivity contribution in [3.8, 4) is 23.3 Å².